The predicted molar refractivity (Wildman–Crippen MR) is 87.9 cm³/mol. The number of hydrogen-bond acceptors (Lipinski definition) is 2. The van der Waals surface area contributed by atoms with Crippen LogP contribution in [0, 0.1) is 6.92 Å². The molecule has 0 fully saturated rings. The van der Waals surface area contributed by atoms with Crippen LogP contribution in [0.5, 0.6) is 0 Å². The first-order valence-electron chi connectivity index (χ1n) is 6.57. The Kier molecular flexibility index (Phi) is 3.70. The van der Waals surface area contributed by atoms with E-state index in [0.717, 1.165) is 22.2 Å². The van der Waals surface area contributed by atoms with E-state index in [1.807, 2.05) is 18.3 Å². The first-order valence-corrected chi connectivity index (χ1v) is 7.36. The minimum atomic E-state index is 0.783. The average molecular weight is 327 g/mol. The summed E-state index contributed by atoms with van der Waals surface area (Å²) in [5, 5.41) is 4.69. The van der Waals surface area contributed by atoms with Gasteiger partial charge in [0.15, 0.2) is 0 Å². The molecular formula is C17H15BrN2. The van der Waals surface area contributed by atoms with E-state index in [-0.39, 0.29) is 0 Å². The number of rotatable bonds is 3. The molecule has 0 unspecified atom stereocenters. The van der Waals surface area contributed by atoms with E-state index in [1.165, 1.54) is 16.5 Å². The van der Waals surface area contributed by atoms with Crippen LogP contribution in [-0.2, 0) is 6.54 Å². The van der Waals surface area contributed by atoms with Crippen molar-refractivity contribution in [3.63, 3.8) is 0 Å². The number of hydrogen-bond donors (Lipinski definition) is 1. The smallest absolute Gasteiger partial charge is 0.0705 e. The Labute approximate surface area is 127 Å². The maximum Gasteiger partial charge on any atom is 0.0705 e. The summed E-state index contributed by atoms with van der Waals surface area (Å²) in [5.74, 6) is 0. The molecule has 0 radical (unpaired) electrons. The van der Waals surface area contributed by atoms with Crippen molar-refractivity contribution in [3.8, 4) is 0 Å². The fraction of sp³-hybridized carbons (Fsp3) is 0.118. The lowest BCUT2D eigenvalue weighted by molar-refractivity contribution is 1.15. The third-order valence-corrected chi connectivity index (χ3v) is 4.02. The number of benzene rings is 2. The summed E-state index contributed by atoms with van der Waals surface area (Å²) in [6.07, 6.45) is 1.87. The van der Waals surface area contributed by atoms with E-state index in [0.29, 0.717) is 0 Å². The number of aromatic nitrogens is 1. The van der Waals surface area contributed by atoms with Crippen LogP contribution in [0.15, 0.2) is 59.2 Å². The van der Waals surface area contributed by atoms with Crippen molar-refractivity contribution in [3.05, 3.63) is 70.3 Å². The highest BCUT2D eigenvalue weighted by molar-refractivity contribution is 9.10. The second kappa shape index (κ2) is 5.63. The van der Waals surface area contributed by atoms with Gasteiger partial charge in [-0.05, 0) is 58.2 Å². The van der Waals surface area contributed by atoms with Crippen LogP contribution in [0.3, 0.4) is 0 Å². The molecule has 0 saturated heterocycles. The summed E-state index contributed by atoms with van der Waals surface area (Å²) in [7, 11) is 0. The fourth-order valence-electron chi connectivity index (χ4n) is 2.27. The molecule has 0 aliphatic rings. The van der Waals surface area contributed by atoms with E-state index in [9.17, 15) is 0 Å². The standard InChI is InChI=1S/C17H15BrN2/c1-12-6-7-15(18)17(10-12)20-11-13-8-9-19-16-5-3-2-4-14(13)16/h2-10,20H,11H2,1H3. The second-order valence-electron chi connectivity index (χ2n) is 4.82. The zero-order valence-electron chi connectivity index (χ0n) is 11.2. The van der Waals surface area contributed by atoms with Gasteiger partial charge in [0.25, 0.3) is 0 Å². The van der Waals surface area contributed by atoms with Crippen molar-refractivity contribution in [2.24, 2.45) is 0 Å². The van der Waals surface area contributed by atoms with Crippen LogP contribution in [0.25, 0.3) is 10.9 Å². The van der Waals surface area contributed by atoms with Crippen LogP contribution in [0.2, 0.25) is 0 Å². The van der Waals surface area contributed by atoms with Crippen molar-refractivity contribution < 1.29 is 0 Å². The van der Waals surface area contributed by atoms with Crippen LogP contribution in [0.4, 0.5) is 5.69 Å². The molecule has 3 heteroatoms. The van der Waals surface area contributed by atoms with Gasteiger partial charge in [-0.25, -0.2) is 0 Å². The SMILES string of the molecule is Cc1ccc(Br)c(NCc2ccnc3ccccc23)c1. The third-order valence-electron chi connectivity index (χ3n) is 3.33. The molecule has 20 heavy (non-hydrogen) atoms. The Morgan fingerprint density at radius 1 is 1.10 bits per heavy atom. The molecule has 0 saturated carbocycles. The predicted octanol–water partition coefficient (Wildman–Crippen LogP) is 4.92. The van der Waals surface area contributed by atoms with Gasteiger partial charge in [-0.2, -0.15) is 0 Å². The molecule has 3 aromatic rings. The molecule has 0 aliphatic heterocycles. The average Bonchev–Trinajstić information content (AvgIpc) is 2.48. The number of nitrogens with one attached hydrogen (secondary N) is 1. The number of anilines is 1. The number of aryl methyl sites for hydroxylation is 1. The van der Waals surface area contributed by atoms with Crippen molar-refractivity contribution >= 4 is 32.5 Å². The normalized spacial score (nSPS) is 10.7. The monoisotopic (exact) mass is 326 g/mol. The van der Waals surface area contributed by atoms with E-state index in [1.54, 1.807) is 0 Å². The number of nitrogens with zero attached hydrogens (tertiary/aromatic N) is 1. The largest absolute Gasteiger partial charge is 0.380 e. The summed E-state index contributed by atoms with van der Waals surface area (Å²) in [5.41, 5.74) is 4.65. The van der Waals surface area contributed by atoms with Crippen molar-refractivity contribution in [1.29, 1.82) is 0 Å². The van der Waals surface area contributed by atoms with Gasteiger partial charge in [0.2, 0.25) is 0 Å². The molecule has 0 spiro atoms. The molecule has 2 aromatic carbocycles. The van der Waals surface area contributed by atoms with E-state index in [4.69, 9.17) is 0 Å². The molecule has 0 aliphatic carbocycles. The number of fused-ring (bicyclic) bond motifs is 1. The second-order valence-corrected chi connectivity index (χ2v) is 5.68. The summed E-state index contributed by atoms with van der Waals surface area (Å²) >= 11 is 3.58. The van der Waals surface area contributed by atoms with Gasteiger partial charge in [0, 0.05) is 28.3 Å². The molecule has 1 N–H and O–H groups in total. The van der Waals surface area contributed by atoms with E-state index >= 15 is 0 Å². The number of para-hydroxylation sites is 1. The quantitative estimate of drug-likeness (QED) is 0.739. The molecule has 3 rings (SSSR count). The van der Waals surface area contributed by atoms with Gasteiger partial charge >= 0.3 is 0 Å². The maximum atomic E-state index is 4.39. The molecule has 1 aromatic heterocycles. The van der Waals surface area contributed by atoms with Crippen LogP contribution in [-0.4, -0.2) is 4.98 Å². The molecular weight excluding hydrogens is 312 g/mol. The highest BCUT2D eigenvalue weighted by Crippen LogP contribution is 2.25. The lowest BCUT2D eigenvalue weighted by Crippen LogP contribution is -2.01. The zero-order valence-corrected chi connectivity index (χ0v) is 12.8. The summed E-state index contributed by atoms with van der Waals surface area (Å²) < 4.78 is 1.08. The van der Waals surface area contributed by atoms with Gasteiger partial charge in [-0.3, -0.25) is 4.98 Å². The highest BCUT2D eigenvalue weighted by atomic mass is 79.9. The van der Waals surface area contributed by atoms with Gasteiger partial charge in [0.1, 0.15) is 0 Å². The topological polar surface area (TPSA) is 24.9 Å². The Morgan fingerprint density at radius 3 is 2.85 bits per heavy atom. The summed E-state index contributed by atoms with van der Waals surface area (Å²) in [4.78, 5) is 4.39. The molecule has 1 heterocycles. The third kappa shape index (κ3) is 2.68. The molecule has 100 valence electrons. The van der Waals surface area contributed by atoms with Crippen molar-refractivity contribution in [1.82, 2.24) is 4.98 Å². The molecule has 0 atom stereocenters. The van der Waals surface area contributed by atoms with Crippen LogP contribution in [0.1, 0.15) is 11.1 Å². The Bertz CT molecular complexity index is 748. The zero-order chi connectivity index (χ0) is 13.9. The number of pyridine rings is 1. The van der Waals surface area contributed by atoms with Crippen molar-refractivity contribution in [2.75, 3.05) is 5.32 Å². The Hall–Kier alpha value is -1.87. The van der Waals surface area contributed by atoms with Gasteiger partial charge in [0.05, 0.1) is 5.52 Å². The Morgan fingerprint density at radius 2 is 1.95 bits per heavy atom. The van der Waals surface area contributed by atoms with Gasteiger partial charge in [-0.1, -0.05) is 24.3 Å². The molecule has 0 amide bonds. The summed E-state index contributed by atoms with van der Waals surface area (Å²) in [6.45, 7) is 2.88. The van der Waals surface area contributed by atoms with Crippen LogP contribution < -0.4 is 5.32 Å². The highest BCUT2D eigenvalue weighted by Gasteiger charge is 2.03. The van der Waals surface area contributed by atoms with Gasteiger partial charge < -0.3 is 5.32 Å². The lowest BCUT2D eigenvalue weighted by Gasteiger charge is -2.11. The fourth-order valence-corrected chi connectivity index (χ4v) is 2.66. The van der Waals surface area contributed by atoms with E-state index < -0.39 is 0 Å². The first kappa shape index (κ1) is 13.1. The minimum absolute atomic E-state index is 0.783. The van der Waals surface area contributed by atoms with Crippen LogP contribution >= 0.6 is 15.9 Å². The molecule has 2 nitrogen and oxygen atoms in total. The minimum Gasteiger partial charge on any atom is -0.380 e. The maximum absolute atomic E-state index is 4.39. The number of halogens is 1. The van der Waals surface area contributed by atoms with Crippen molar-refractivity contribution in [2.45, 2.75) is 13.5 Å². The molecule has 0 bridgehead atoms. The first-order chi connectivity index (χ1) is 9.74. The summed E-state index contributed by atoms with van der Waals surface area (Å²) in [6, 6.07) is 16.6. The lowest BCUT2D eigenvalue weighted by atomic mass is 10.1. The van der Waals surface area contributed by atoms with E-state index in [2.05, 4.69) is 69.6 Å². The van der Waals surface area contributed by atoms with Gasteiger partial charge in [-0.15, -0.1) is 0 Å². The Balaban J connectivity index is 1.89.